The lowest BCUT2D eigenvalue weighted by atomic mass is 10.4. The van der Waals surface area contributed by atoms with Crippen LogP contribution in [0.5, 0.6) is 0 Å². The molecule has 7 heteroatoms. The molecular weight excluding hydrogens is 221 g/mol. The predicted molar refractivity (Wildman–Crippen MR) is 66.2 cm³/mol. The van der Waals surface area contributed by atoms with Gasteiger partial charge in [0.15, 0.2) is 0 Å². The van der Waals surface area contributed by atoms with Crippen molar-refractivity contribution in [2.45, 2.75) is 25.7 Å². The fraction of sp³-hybridized carbons (Fsp3) is 0.900. The van der Waals surface area contributed by atoms with E-state index >= 15 is 0 Å². The molecule has 1 amide bonds. The molecule has 0 aromatic carbocycles. The zero-order valence-corrected chi connectivity index (χ0v) is 10.3. The molecule has 2 aliphatic rings. The number of rotatable bonds is 3. The molecule has 98 valence electrons. The third-order valence-corrected chi connectivity index (χ3v) is 3.02. The quantitative estimate of drug-likeness (QED) is 0.523. The first kappa shape index (κ1) is 14.4. The summed E-state index contributed by atoms with van der Waals surface area (Å²) in [6.45, 7) is 4.58. The smallest absolute Gasteiger partial charge is 0.430 e. The fourth-order valence-electron chi connectivity index (χ4n) is 2.13. The minimum absolute atomic E-state index is 0.259. The Morgan fingerprint density at radius 2 is 1.53 bits per heavy atom. The van der Waals surface area contributed by atoms with Gasteiger partial charge in [-0.3, -0.25) is 4.79 Å². The van der Waals surface area contributed by atoms with E-state index in [-0.39, 0.29) is 5.91 Å². The van der Waals surface area contributed by atoms with Gasteiger partial charge in [0.05, 0.1) is 6.54 Å². The number of amides is 1. The van der Waals surface area contributed by atoms with Crippen LogP contribution in [0.3, 0.4) is 0 Å². The van der Waals surface area contributed by atoms with E-state index in [1.165, 1.54) is 25.7 Å². The maximum Gasteiger partial charge on any atom is 0.432 e. The number of hydrogen-bond acceptors (Lipinski definition) is 5. The van der Waals surface area contributed by atoms with Crippen molar-refractivity contribution in [1.82, 2.24) is 15.3 Å². The Hall–Kier alpha value is -0.625. The Kier molecular flexibility index (Phi) is 7.19. The molecule has 0 unspecified atom stereocenters. The van der Waals surface area contributed by atoms with E-state index in [2.05, 4.69) is 10.4 Å². The number of nitrogens with one attached hydrogen (secondary N) is 1. The van der Waals surface area contributed by atoms with Crippen LogP contribution in [0.1, 0.15) is 25.7 Å². The zero-order chi connectivity index (χ0) is 12.5. The van der Waals surface area contributed by atoms with Crippen LogP contribution in [0.15, 0.2) is 0 Å². The van der Waals surface area contributed by atoms with E-state index in [1.54, 1.807) is 0 Å². The van der Waals surface area contributed by atoms with Crippen LogP contribution >= 0.6 is 0 Å². The van der Waals surface area contributed by atoms with Crippen molar-refractivity contribution < 1.29 is 14.8 Å². The second-order valence-electron chi connectivity index (χ2n) is 4.26. The van der Waals surface area contributed by atoms with Crippen molar-refractivity contribution >= 4 is 13.6 Å². The molecule has 0 saturated carbocycles. The molecule has 2 saturated heterocycles. The van der Waals surface area contributed by atoms with Crippen molar-refractivity contribution in [3.63, 3.8) is 0 Å². The van der Waals surface area contributed by atoms with E-state index in [1.807, 2.05) is 4.90 Å². The summed E-state index contributed by atoms with van der Waals surface area (Å²) in [6, 6.07) is 0. The molecule has 0 radical (unpaired) electrons. The fourth-order valence-corrected chi connectivity index (χ4v) is 2.13. The number of likely N-dealkylation sites (tertiary alicyclic amines) is 1. The maximum atomic E-state index is 11.6. The summed E-state index contributed by atoms with van der Waals surface area (Å²) in [5, 5.41) is 16.4. The van der Waals surface area contributed by atoms with E-state index in [0.717, 1.165) is 26.2 Å². The Balaban J connectivity index is 0.000000437. The van der Waals surface area contributed by atoms with Gasteiger partial charge in [0.2, 0.25) is 5.91 Å². The Bertz CT molecular complexity index is 219. The number of carbonyl (C=O) groups is 1. The van der Waals surface area contributed by atoms with Gasteiger partial charge in [0.1, 0.15) is 0 Å². The molecule has 2 rings (SSSR count). The van der Waals surface area contributed by atoms with Crippen molar-refractivity contribution in [3.8, 4) is 0 Å². The second kappa shape index (κ2) is 8.46. The molecule has 2 heterocycles. The van der Waals surface area contributed by atoms with Gasteiger partial charge in [-0.05, 0) is 25.7 Å². The third-order valence-electron chi connectivity index (χ3n) is 3.02. The van der Waals surface area contributed by atoms with Crippen molar-refractivity contribution in [1.29, 1.82) is 0 Å². The molecule has 0 spiro atoms. The van der Waals surface area contributed by atoms with Crippen molar-refractivity contribution in [3.05, 3.63) is 0 Å². The van der Waals surface area contributed by atoms with Crippen molar-refractivity contribution in [2.75, 3.05) is 32.7 Å². The van der Waals surface area contributed by atoms with E-state index in [4.69, 9.17) is 10.0 Å². The normalized spacial score (nSPS) is 20.0. The van der Waals surface area contributed by atoms with Crippen LogP contribution in [-0.4, -0.2) is 66.3 Å². The first-order valence-electron chi connectivity index (χ1n) is 6.26. The molecule has 0 atom stereocenters. The first-order valence-corrected chi connectivity index (χ1v) is 6.26. The summed E-state index contributed by atoms with van der Waals surface area (Å²) in [5.41, 5.74) is 3.20. The summed E-state index contributed by atoms with van der Waals surface area (Å²) in [5.74, 6) is 0.259. The Morgan fingerprint density at radius 3 is 2.06 bits per heavy atom. The largest absolute Gasteiger partial charge is 0.432 e. The van der Waals surface area contributed by atoms with E-state index in [9.17, 15) is 4.79 Å². The Morgan fingerprint density at radius 1 is 1.06 bits per heavy atom. The summed E-state index contributed by atoms with van der Waals surface area (Å²) in [4.78, 5) is 13.6. The zero-order valence-electron chi connectivity index (χ0n) is 10.3. The van der Waals surface area contributed by atoms with Crippen LogP contribution in [0.4, 0.5) is 0 Å². The molecule has 2 fully saturated rings. The standard InChI is InChI=1S/C10H19N3O.BH3O2/c14-10(12-5-1-2-6-12)9-11-13-7-3-4-8-13;2-1-3/h11H,1-9H2;1-3H. The maximum absolute atomic E-state index is 11.6. The van der Waals surface area contributed by atoms with Gasteiger partial charge in [-0.2, -0.15) is 0 Å². The van der Waals surface area contributed by atoms with E-state index < -0.39 is 7.69 Å². The number of nitrogens with zero attached hydrogens (tertiary/aromatic N) is 2. The number of carbonyl (C=O) groups excluding carboxylic acids is 1. The molecule has 0 aromatic heterocycles. The molecule has 0 aromatic rings. The number of hydrogen-bond donors (Lipinski definition) is 3. The average molecular weight is 243 g/mol. The summed E-state index contributed by atoms with van der Waals surface area (Å²) < 4.78 is 0. The third kappa shape index (κ3) is 5.49. The minimum Gasteiger partial charge on any atom is -0.430 e. The summed E-state index contributed by atoms with van der Waals surface area (Å²) in [7, 11) is -0.750. The topological polar surface area (TPSA) is 76.0 Å². The van der Waals surface area contributed by atoms with Crippen molar-refractivity contribution in [2.24, 2.45) is 0 Å². The molecule has 3 N–H and O–H groups in total. The molecule has 0 bridgehead atoms. The lowest BCUT2D eigenvalue weighted by Gasteiger charge is -2.19. The minimum atomic E-state index is -0.750. The van der Waals surface area contributed by atoms with Gasteiger partial charge in [-0.15, -0.1) is 0 Å². The highest BCUT2D eigenvalue weighted by Gasteiger charge is 2.19. The van der Waals surface area contributed by atoms with Crippen LogP contribution in [0.25, 0.3) is 0 Å². The van der Waals surface area contributed by atoms with Gasteiger partial charge in [-0.25, -0.2) is 10.4 Å². The number of hydrazine groups is 1. The van der Waals surface area contributed by atoms with Crippen LogP contribution < -0.4 is 5.43 Å². The van der Waals surface area contributed by atoms with Crippen LogP contribution in [0, 0.1) is 0 Å². The summed E-state index contributed by atoms with van der Waals surface area (Å²) in [6.07, 6.45) is 4.86. The van der Waals surface area contributed by atoms with Crippen LogP contribution in [0.2, 0.25) is 0 Å². The molecule has 6 nitrogen and oxygen atoms in total. The average Bonchev–Trinajstić information content (AvgIpc) is 3.00. The lowest BCUT2D eigenvalue weighted by molar-refractivity contribution is -0.130. The van der Waals surface area contributed by atoms with Gasteiger partial charge < -0.3 is 14.9 Å². The SMILES string of the molecule is O=C(CNN1CCCC1)N1CCCC1.OBO. The van der Waals surface area contributed by atoms with Crippen LogP contribution in [-0.2, 0) is 4.79 Å². The highest BCUT2D eigenvalue weighted by atomic mass is 16.4. The second-order valence-corrected chi connectivity index (χ2v) is 4.26. The van der Waals surface area contributed by atoms with Gasteiger partial charge in [0.25, 0.3) is 0 Å². The first-order chi connectivity index (χ1) is 8.27. The highest BCUT2D eigenvalue weighted by Crippen LogP contribution is 2.07. The van der Waals surface area contributed by atoms with Gasteiger partial charge >= 0.3 is 7.69 Å². The molecular formula is C10H22BN3O3. The Labute approximate surface area is 103 Å². The monoisotopic (exact) mass is 243 g/mol. The van der Waals surface area contributed by atoms with E-state index in [0.29, 0.717) is 6.54 Å². The van der Waals surface area contributed by atoms with Gasteiger partial charge in [0, 0.05) is 26.2 Å². The molecule has 0 aliphatic carbocycles. The highest BCUT2D eigenvalue weighted by molar-refractivity contribution is 6.13. The molecule has 17 heavy (non-hydrogen) atoms. The molecule has 2 aliphatic heterocycles. The van der Waals surface area contributed by atoms with Gasteiger partial charge in [-0.1, -0.05) is 0 Å². The summed E-state index contributed by atoms with van der Waals surface area (Å²) >= 11 is 0. The predicted octanol–water partition coefficient (Wildman–Crippen LogP) is -1.55. The lowest BCUT2D eigenvalue weighted by Crippen LogP contribution is -2.43.